The molecule has 1 atom stereocenters. The SMILES string of the molecule is CCC(C)(NCC(=O)Nc1ccc(Br)cc1Cl)C(=O)O. The van der Waals surface area contributed by atoms with Gasteiger partial charge in [0.2, 0.25) is 5.91 Å². The molecule has 20 heavy (non-hydrogen) atoms. The number of carboxylic acids is 1. The fourth-order valence-corrected chi connectivity index (χ4v) is 2.13. The number of carbonyl (C=O) groups is 2. The number of halogens is 2. The minimum atomic E-state index is -1.12. The van der Waals surface area contributed by atoms with Gasteiger partial charge in [-0.2, -0.15) is 0 Å². The molecule has 7 heteroatoms. The van der Waals surface area contributed by atoms with Crippen molar-refractivity contribution in [2.45, 2.75) is 25.8 Å². The average Bonchev–Trinajstić information content (AvgIpc) is 2.39. The number of carbonyl (C=O) groups excluding carboxylic acids is 1. The predicted molar refractivity (Wildman–Crippen MR) is 82.1 cm³/mol. The second kappa shape index (κ2) is 7.06. The van der Waals surface area contributed by atoms with E-state index in [4.69, 9.17) is 16.7 Å². The minimum Gasteiger partial charge on any atom is -0.480 e. The van der Waals surface area contributed by atoms with Crippen molar-refractivity contribution in [3.05, 3.63) is 27.7 Å². The first-order valence-electron chi connectivity index (χ1n) is 6.02. The number of anilines is 1. The Morgan fingerprint density at radius 2 is 2.10 bits per heavy atom. The first-order chi connectivity index (χ1) is 9.28. The number of amides is 1. The molecule has 0 radical (unpaired) electrons. The molecule has 0 saturated heterocycles. The number of aliphatic carboxylic acids is 1. The first kappa shape index (κ1) is 16.9. The van der Waals surface area contributed by atoms with Gasteiger partial charge < -0.3 is 10.4 Å². The zero-order valence-corrected chi connectivity index (χ0v) is 13.5. The lowest BCUT2D eigenvalue weighted by atomic mass is 9.99. The van der Waals surface area contributed by atoms with Gasteiger partial charge in [-0.25, -0.2) is 0 Å². The molecule has 1 unspecified atom stereocenters. The maximum Gasteiger partial charge on any atom is 0.323 e. The van der Waals surface area contributed by atoms with Crippen LogP contribution in [0.25, 0.3) is 0 Å². The van der Waals surface area contributed by atoms with Crippen LogP contribution in [-0.2, 0) is 9.59 Å². The van der Waals surface area contributed by atoms with Gasteiger partial charge in [0.15, 0.2) is 0 Å². The molecule has 0 fully saturated rings. The predicted octanol–water partition coefficient (Wildman–Crippen LogP) is 2.88. The molecule has 1 aromatic rings. The van der Waals surface area contributed by atoms with Crippen LogP contribution in [0.1, 0.15) is 20.3 Å². The molecule has 0 aromatic heterocycles. The molecule has 0 saturated carbocycles. The Morgan fingerprint density at radius 3 is 2.60 bits per heavy atom. The van der Waals surface area contributed by atoms with E-state index in [2.05, 4.69) is 26.6 Å². The van der Waals surface area contributed by atoms with Crippen molar-refractivity contribution in [3.63, 3.8) is 0 Å². The van der Waals surface area contributed by atoms with Gasteiger partial charge in [0, 0.05) is 4.47 Å². The zero-order chi connectivity index (χ0) is 15.3. The second-order valence-corrected chi connectivity index (χ2v) is 5.84. The largest absolute Gasteiger partial charge is 0.480 e. The summed E-state index contributed by atoms with van der Waals surface area (Å²) in [7, 11) is 0. The number of hydrogen-bond acceptors (Lipinski definition) is 3. The molecular weight excluding hydrogens is 348 g/mol. The van der Waals surface area contributed by atoms with E-state index in [1.54, 1.807) is 25.1 Å². The van der Waals surface area contributed by atoms with Crippen LogP contribution in [0.15, 0.2) is 22.7 Å². The molecule has 1 aromatic carbocycles. The van der Waals surface area contributed by atoms with E-state index in [0.29, 0.717) is 17.1 Å². The van der Waals surface area contributed by atoms with Crippen LogP contribution >= 0.6 is 27.5 Å². The smallest absolute Gasteiger partial charge is 0.323 e. The molecule has 0 aliphatic carbocycles. The van der Waals surface area contributed by atoms with Crippen LogP contribution < -0.4 is 10.6 Å². The molecule has 1 rings (SSSR count). The van der Waals surface area contributed by atoms with Gasteiger partial charge >= 0.3 is 5.97 Å². The maximum absolute atomic E-state index is 11.8. The monoisotopic (exact) mass is 362 g/mol. The minimum absolute atomic E-state index is 0.108. The summed E-state index contributed by atoms with van der Waals surface area (Å²) in [5.41, 5.74) is -0.642. The Hall–Kier alpha value is -1.11. The number of rotatable bonds is 6. The van der Waals surface area contributed by atoms with Gasteiger partial charge in [-0.1, -0.05) is 34.5 Å². The zero-order valence-electron chi connectivity index (χ0n) is 11.2. The van der Waals surface area contributed by atoms with Crippen molar-refractivity contribution in [2.24, 2.45) is 0 Å². The molecule has 5 nitrogen and oxygen atoms in total. The third kappa shape index (κ3) is 4.47. The van der Waals surface area contributed by atoms with E-state index in [0.717, 1.165) is 4.47 Å². The topological polar surface area (TPSA) is 78.4 Å². The quantitative estimate of drug-likeness (QED) is 0.726. The standard InChI is InChI=1S/C13H16BrClN2O3/c1-3-13(2,12(19)20)16-7-11(18)17-10-5-4-8(14)6-9(10)15/h4-6,16H,3,7H2,1-2H3,(H,17,18)(H,19,20). The summed E-state index contributed by atoms with van der Waals surface area (Å²) in [6.07, 6.45) is 0.370. The molecule has 110 valence electrons. The highest BCUT2D eigenvalue weighted by molar-refractivity contribution is 9.10. The maximum atomic E-state index is 11.8. The van der Waals surface area contributed by atoms with Gasteiger partial charge in [0.05, 0.1) is 17.3 Å². The van der Waals surface area contributed by atoms with Crippen molar-refractivity contribution < 1.29 is 14.7 Å². The summed E-state index contributed by atoms with van der Waals surface area (Å²) >= 11 is 9.25. The highest BCUT2D eigenvalue weighted by Crippen LogP contribution is 2.25. The summed E-state index contributed by atoms with van der Waals surface area (Å²) in [5.74, 6) is -1.34. The summed E-state index contributed by atoms with van der Waals surface area (Å²) in [5, 5.41) is 14.9. The van der Waals surface area contributed by atoms with Crippen molar-refractivity contribution >= 4 is 45.1 Å². The van der Waals surface area contributed by atoms with Crippen LogP contribution in [0.3, 0.4) is 0 Å². The van der Waals surface area contributed by atoms with Gasteiger partial charge in [-0.3, -0.25) is 14.9 Å². The average molecular weight is 364 g/mol. The lowest BCUT2D eigenvalue weighted by Gasteiger charge is -2.24. The Bertz CT molecular complexity index is 524. The first-order valence-corrected chi connectivity index (χ1v) is 7.19. The van der Waals surface area contributed by atoms with Crippen LogP contribution in [0.5, 0.6) is 0 Å². The van der Waals surface area contributed by atoms with Crippen molar-refractivity contribution in [1.82, 2.24) is 5.32 Å². The van der Waals surface area contributed by atoms with E-state index in [9.17, 15) is 9.59 Å². The molecule has 0 spiro atoms. The molecule has 0 bridgehead atoms. The van der Waals surface area contributed by atoms with Crippen LogP contribution in [0.2, 0.25) is 5.02 Å². The summed E-state index contributed by atoms with van der Waals surface area (Å²) in [4.78, 5) is 22.9. The van der Waals surface area contributed by atoms with E-state index >= 15 is 0 Å². The van der Waals surface area contributed by atoms with Crippen molar-refractivity contribution in [1.29, 1.82) is 0 Å². The van der Waals surface area contributed by atoms with E-state index in [1.807, 2.05) is 0 Å². The summed E-state index contributed by atoms with van der Waals surface area (Å²) in [6.45, 7) is 3.17. The van der Waals surface area contributed by atoms with Crippen molar-refractivity contribution in [3.8, 4) is 0 Å². The normalized spacial score (nSPS) is 13.6. The molecule has 0 aliphatic heterocycles. The van der Waals surface area contributed by atoms with Gasteiger partial charge in [-0.15, -0.1) is 0 Å². The van der Waals surface area contributed by atoms with E-state index in [1.165, 1.54) is 6.92 Å². The Morgan fingerprint density at radius 1 is 1.45 bits per heavy atom. The van der Waals surface area contributed by atoms with Gasteiger partial charge in [-0.05, 0) is 31.5 Å². The lowest BCUT2D eigenvalue weighted by Crippen LogP contribution is -2.51. The van der Waals surface area contributed by atoms with Crippen LogP contribution in [0.4, 0.5) is 5.69 Å². The Labute approximate surface area is 130 Å². The van der Waals surface area contributed by atoms with Gasteiger partial charge in [0.1, 0.15) is 5.54 Å². The highest BCUT2D eigenvalue weighted by Gasteiger charge is 2.30. The Balaban J connectivity index is 2.62. The van der Waals surface area contributed by atoms with E-state index in [-0.39, 0.29) is 12.5 Å². The third-order valence-electron chi connectivity index (χ3n) is 3.02. The summed E-state index contributed by atoms with van der Waals surface area (Å²) < 4.78 is 0.808. The van der Waals surface area contributed by atoms with E-state index < -0.39 is 11.5 Å². The molecule has 1 amide bonds. The number of carboxylic acid groups (broad SMARTS) is 1. The Kier molecular flexibility index (Phi) is 5.98. The summed E-state index contributed by atoms with van der Waals surface area (Å²) in [6, 6.07) is 5.08. The van der Waals surface area contributed by atoms with Crippen LogP contribution in [-0.4, -0.2) is 29.1 Å². The molecular formula is C13H16BrClN2O3. The number of nitrogens with one attached hydrogen (secondary N) is 2. The number of benzene rings is 1. The third-order valence-corrected chi connectivity index (χ3v) is 3.83. The second-order valence-electron chi connectivity index (χ2n) is 4.52. The van der Waals surface area contributed by atoms with Crippen molar-refractivity contribution in [2.75, 3.05) is 11.9 Å². The molecule has 0 aliphatic rings. The van der Waals surface area contributed by atoms with Gasteiger partial charge in [0.25, 0.3) is 0 Å². The molecule has 3 N–H and O–H groups in total. The fraction of sp³-hybridized carbons (Fsp3) is 0.385. The highest BCUT2D eigenvalue weighted by atomic mass is 79.9. The molecule has 0 heterocycles. The lowest BCUT2D eigenvalue weighted by molar-refractivity contribution is -0.144. The van der Waals surface area contributed by atoms with Crippen LogP contribution in [0, 0.1) is 0 Å². The fourth-order valence-electron chi connectivity index (χ4n) is 1.41. The number of hydrogen-bond donors (Lipinski definition) is 3.